The van der Waals surface area contributed by atoms with Gasteiger partial charge in [0.05, 0.1) is 0 Å². The minimum atomic E-state index is 0.00224. The monoisotopic (exact) mass is 403 g/mol. The van der Waals surface area contributed by atoms with E-state index in [0.29, 0.717) is 12.5 Å². The average molecular weight is 404 g/mol. The summed E-state index contributed by atoms with van der Waals surface area (Å²) < 4.78 is 0. The number of nitrogens with one attached hydrogen (secondary N) is 1. The number of carbonyl (C=O) groups is 1. The predicted octanol–water partition coefficient (Wildman–Crippen LogP) is 6.46. The molecule has 3 aromatic carbocycles. The van der Waals surface area contributed by atoms with Crippen molar-refractivity contribution in [2.24, 2.45) is 0 Å². The highest BCUT2D eigenvalue weighted by molar-refractivity contribution is 7.98. The second-order valence-electron chi connectivity index (χ2n) is 7.55. The molecule has 0 aliphatic heterocycles. The summed E-state index contributed by atoms with van der Waals surface area (Å²) >= 11 is 1.80. The van der Waals surface area contributed by atoms with Gasteiger partial charge in [0.25, 0.3) is 5.91 Å². The Morgan fingerprint density at radius 2 is 1.52 bits per heavy atom. The molecule has 0 aromatic heterocycles. The third kappa shape index (κ3) is 6.79. The lowest BCUT2D eigenvalue weighted by Crippen LogP contribution is -2.24. The molecule has 2 nitrogen and oxygen atoms in total. The van der Waals surface area contributed by atoms with Gasteiger partial charge >= 0.3 is 0 Å². The van der Waals surface area contributed by atoms with Crippen molar-refractivity contribution in [2.45, 2.75) is 43.3 Å². The van der Waals surface area contributed by atoms with Crippen molar-refractivity contribution in [3.8, 4) is 0 Å². The molecule has 3 aromatic rings. The zero-order valence-corrected chi connectivity index (χ0v) is 18.0. The van der Waals surface area contributed by atoms with Gasteiger partial charge in [-0.25, -0.2) is 0 Å². The van der Waals surface area contributed by atoms with Gasteiger partial charge in [-0.2, -0.15) is 0 Å². The second kappa shape index (κ2) is 10.9. The Morgan fingerprint density at radius 1 is 0.862 bits per heavy atom. The molecule has 0 saturated carbocycles. The third-order valence-electron chi connectivity index (χ3n) is 4.94. The summed E-state index contributed by atoms with van der Waals surface area (Å²) in [4.78, 5) is 13.6. The van der Waals surface area contributed by atoms with Crippen LogP contribution in [0.1, 0.15) is 53.2 Å². The Morgan fingerprint density at radius 3 is 2.17 bits per heavy atom. The van der Waals surface area contributed by atoms with Gasteiger partial charge < -0.3 is 5.32 Å². The fourth-order valence-electron chi connectivity index (χ4n) is 3.10. The zero-order chi connectivity index (χ0) is 20.5. The molecule has 0 spiro atoms. The minimum absolute atomic E-state index is 0.00224. The minimum Gasteiger partial charge on any atom is -0.352 e. The van der Waals surface area contributed by atoms with Crippen LogP contribution in [0.25, 0.3) is 0 Å². The lowest BCUT2D eigenvalue weighted by molar-refractivity contribution is 0.0953. The summed E-state index contributed by atoms with van der Waals surface area (Å²) in [5.41, 5.74) is 4.64. The van der Waals surface area contributed by atoms with E-state index in [1.165, 1.54) is 21.6 Å². The van der Waals surface area contributed by atoms with E-state index < -0.39 is 0 Å². The smallest absolute Gasteiger partial charge is 0.251 e. The van der Waals surface area contributed by atoms with Gasteiger partial charge in [0.1, 0.15) is 0 Å². The van der Waals surface area contributed by atoms with Gasteiger partial charge in [-0.3, -0.25) is 4.79 Å². The number of thioether (sulfide) groups is 1. The van der Waals surface area contributed by atoms with Crippen LogP contribution in [0.4, 0.5) is 0 Å². The van der Waals surface area contributed by atoms with E-state index in [-0.39, 0.29) is 5.91 Å². The van der Waals surface area contributed by atoms with Gasteiger partial charge in [-0.05, 0) is 59.7 Å². The van der Waals surface area contributed by atoms with Crippen LogP contribution in [-0.2, 0) is 12.2 Å². The standard InChI is InChI=1S/C26H29NOS/c1-20(2)23-14-10-21(11-15-23)7-6-18-27-26(28)24-16-12-22(13-17-24)19-29-25-8-4-3-5-9-25/h3-5,8-17,20H,6-7,18-19H2,1-2H3,(H,27,28). The summed E-state index contributed by atoms with van der Waals surface area (Å²) in [5.74, 6) is 1.47. The van der Waals surface area contributed by atoms with Crippen molar-refractivity contribution in [1.29, 1.82) is 0 Å². The third-order valence-corrected chi connectivity index (χ3v) is 6.02. The van der Waals surface area contributed by atoms with E-state index in [1.54, 1.807) is 11.8 Å². The molecule has 29 heavy (non-hydrogen) atoms. The first-order valence-electron chi connectivity index (χ1n) is 10.3. The number of hydrogen-bond donors (Lipinski definition) is 1. The number of hydrogen-bond acceptors (Lipinski definition) is 2. The van der Waals surface area contributed by atoms with E-state index in [9.17, 15) is 4.79 Å². The maximum absolute atomic E-state index is 12.3. The Hall–Kier alpha value is -2.52. The van der Waals surface area contributed by atoms with Gasteiger partial charge in [-0.1, -0.05) is 68.4 Å². The molecule has 3 heteroatoms. The largest absolute Gasteiger partial charge is 0.352 e. The molecule has 0 aliphatic carbocycles. The highest BCUT2D eigenvalue weighted by Gasteiger charge is 2.05. The van der Waals surface area contributed by atoms with Crippen LogP contribution in [0.15, 0.2) is 83.8 Å². The molecule has 0 saturated heterocycles. The number of benzene rings is 3. The molecule has 0 bridgehead atoms. The van der Waals surface area contributed by atoms with Crippen LogP contribution in [0.3, 0.4) is 0 Å². The lowest BCUT2D eigenvalue weighted by Gasteiger charge is -2.08. The molecule has 0 atom stereocenters. The maximum atomic E-state index is 12.3. The van der Waals surface area contributed by atoms with Crippen LogP contribution >= 0.6 is 11.8 Å². The van der Waals surface area contributed by atoms with Gasteiger partial charge in [0.15, 0.2) is 0 Å². The average Bonchev–Trinajstić information content (AvgIpc) is 2.76. The Balaban J connectivity index is 1.40. The molecule has 0 heterocycles. The summed E-state index contributed by atoms with van der Waals surface area (Å²) in [7, 11) is 0. The Labute approximate surface area is 178 Å². The molecule has 3 rings (SSSR count). The van der Waals surface area contributed by atoms with Gasteiger partial charge in [-0.15, -0.1) is 11.8 Å². The van der Waals surface area contributed by atoms with E-state index in [1.807, 2.05) is 30.3 Å². The Bertz CT molecular complexity index is 886. The normalized spacial score (nSPS) is 10.9. The first-order chi connectivity index (χ1) is 14.1. The summed E-state index contributed by atoms with van der Waals surface area (Å²) in [6, 6.07) is 27.1. The molecule has 1 N–H and O–H groups in total. The van der Waals surface area contributed by atoms with Crippen molar-refractivity contribution in [3.63, 3.8) is 0 Å². The van der Waals surface area contributed by atoms with Gasteiger partial charge in [0, 0.05) is 22.8 Å². The van der Waals surface area contributed by atoms with Crippen LogP contribution in [0.2, 0.25) is 0 Å². The highest BCUT2D eigenvalue weighted by atomic mass is 32.2. The molecule has 0 fully saturated rings. The van der Waals surface area contributed by atoms with E-state index in [4.69, 9.17) is 0 Å². The highest BCUT2D eigenvalue weighted by Crippen LogP contribution is 2.22. The van der Waals surface area contributed by atoms with Crippen molar-refractivity contribution >= 4 is 17.7 Å². The SMILES string of the molecule is CC(C)c1ccc(CCCNC(=O)c2ccc(CSc3ccccc3)cc2)cc1. The lowest BCUT2D eigenvalue weighted by atomic mass is 10.0. The molecule has 0 aliphatic rings. The number of aryl methyl sites for hydroxylation is 1. The molecule has 1 amide bonds. The van der Waals surface area contributed by atoms with Crippen LogP contribution in [0.5, 0.6) is 0 Å². The second-order valence-corrected chi connectivity index (χ2v) is 8.60. The molecular formula is C26H29NOS. The summed E-state index contributed by atoms with van der Waals surface area (Å²) in [6.07, 6.45) is 1.92. The zero-order valence-electron chi connectivity index (χ0n) is 17.2. The van der Waals surface area contributed by atoms with Crippen molar-refractivity contribution in [3.05, 3.63) is 101 Å². The fourth-order valence-corrected chi connectivity index (χ4v) is 3.98. The molecule has 150 valence electrons. The summed E-state index contributed by atoms with van der Waals surface area (Å²) in [5, 5.41) is 3.03. The number of amides is 1. The quantitative estimate of drug-likeness (QED) is 0.328. The summed E-state index contributed by atoms with van der Waals surface area (Å²) in [6.45, 7) is 5.11. The predicted molar refractivity (Wildman–Crippen MR) is 124 cm³/mol. The Kier molecular flexibility index (Phi) is 7.94. The first-order valence-corrected chi connectivity index (χ1v) is 11.2. The maximum Gasteiger partial charge on any atom is 0.251 e. The van der Waals surface area contributed by atoms with Crippen LogP contribution in [0, 0.1) is 0 Å². The van der Waals surface area contributed by atoms with Crippen LogP contribution in [-0.4, -0.2) is 12.5 Å². The topological polar surface area (TPSA) is 29.1 Å². The molecule has 0 radical (unpaired) electrons. The van der Waals surface area contributed by atoms with E-state index in [0.717, 1.165) is 24.2 Å². The number of rotatable bonds is 9. The number of carbonyl (C=O) groups excluding carboxylic acids is 1. The van der Waals surface area contributed by atoms with Crippen molar-refractivity contribution < 1.29 is 4.79 Å². The van der Waals surface area contributed by atoms with E-state index >= 15 is 0 Å². The fraction of sp³-hybridized carbons (Fsp3) is 0.269. The van der Waals surface area contributed by atoms with E-state index in [2.05, 4.69) is 67.7 Å². The molecule has 0 unspecified atom stereocenters. The molecular weight excluding hydrogens is 374 g/mol. The van der Waals surface area contributed by atoms with Crippen molar-refractivity contribution in [1.82, 2.24) is 5.32 Å². The van der Waals surface area contributed by atoms with Crippen LogP contribution < -0.4 is 5.32 Å². The van der Waals surface area contributed by atoms with Crippen molar-refractivity contribution in [2.75, 3.05) is 6.54 Å². The van der Waals surface area contributed by atoms with Gasteiger partial charge in [0.2, 0.25) is 0 Å². The first kappa shape index (κ1) is 21.2.